The summed E-state index contributed by atoms with van der Waals surface area (Å²) in [4.78, 5) is 1.59. The number of aryl methyl sites for hydroxylation is 2. The van der Waals surface area contributed by atoms with Gasteiger partial charge in [0.2, 0.25) is 0 Å². The third-order valence-corrected chi connectivity index (χ3v) is 4.76. The molecule has 0 spiro atoms. The minimum absolute atomic E-state index is 0.559. The summed E-state index contributed by atoms with van der Waals surface area (Å²) in [5.74, 6) is 0.559. The van der Waals surface area contributed by atoms with Crippen molar-refractivity contribution < 1.29 is 0 Å². The van der Waals surface area contributed by atoms with Crippen LogP contribution in [0.1, 0.15) is 47.7 Å². The van der Waals surface area contributed by atoms with E-state index in [0.29, 0.717) is 5.92 Å². The van der Waals surface area contributed by atoms with Gasteiger partial charge in [0.1, 0.15) is 0 Å². The lowest BCUT2D eigenvalue weighted by Crippen LogP contribution is -2.10. The average molecular weight is 246 g/mol. The van der Waals surface area contributed by atoms with Crippen LogP contribution in [0.3, 0.4) is 0 Å². The molecular weight excluding hydrogens is 228 g/mol. The molecule has 0 bridgehead atoms. The molecule has 0 fully saturated rings. The normalized spacial score (nSPS) is 20.6. The summed E-state index contributed by atoms with van der Waals surface area (Å²) in [6, 6.07) is 4.50. The Balaban J connectivity index is 2.03. The Morgan fingerprint density at radius 2 is 2.24 bits per heavy atom. The Morgan fingerprint density at radius 3 is 3.06 bits per heavy atom. The standard InChI is InChI=1S/C14H18N2S/c1-16-13(7-9-15-16)11-5-3-2-4-6-14-12(11)8-10-17-14/h7-11H,2-6H2,1H3. The molecule has 2 nitrogen and oxygen atoms in total. The molecule has 0 amide bonds. The third kappa shape index (κ3) is 2.04. The highest BCUT2D eigenvalue weighted by Crippen LogP contribution is 2.36. The largest absolute Gasteiger partial charge is 0.272 e. The van der Waals surface area contributed by atoms with E-state index in [-0.39, 0.29) is 0 Å². The van der Waals surface area contributed by atoms with Crippen molar-refractivity contribution in [2.24, 2.45) is 7.05 Å². The van der Waals surface area contributed by atoms with E-state index in [0.717, 1.165) is 0 Å². The van der Waals surface area contributed by atoms with Crippen LogP contribution in [0.5, 0.6) is 0 Å². The summed E-state index contributed by atoms with van der Waals surface area (Å²) in [6.45, 7) is 0. The molecule has 1 aliphatic carbocycles. The predicted molar refractivity (Wildman–Crippen MR) is 71.5 cm³/mol. The molecule has 2 aromatic heterocycles. The average Bonchev–Trinajstić information content (AvgIpc) is 2.89. The number of hydrogen-bond acceptors (Lipinski definition) is 2. The highest BCUT2D eigenvalue weighted by atomic mass is 32.1. The highest BCUT2D eigenvalue weighted by molar-refractivity contribution is 7.10. The Bertz CT molecular complexity index is 498. The van der Waals surface area contributed by atoms with E-state index in [1.807, 2.05) is 22.2 Å². The zero-order valence-corrected chi connectivity index (χ0v) is 11.0. The maximum atomic E-state index is 4.32. The monoisotopic (exact) mass is 246 g/mol. The molecule has 1 aliphatic rings. The third-order valence-electron chi connectivity index (χ3n) is 3.77. The van der Waals surface area contributed by atoms with Crippen molar-refractivity contribution in [1.29, 1.82) is 0 Å². The topological polar surface area (TPSA) is 17.8 Å². The first-order valence-corrected chi connectivity index (χ1v) is 7.28. The summed E-state index contributed by atoms with van der Waals surface area (Å²) in [5, 5.41) is 6.57. The lowest BCUT2D eigenvalue weighted by molar-refractivity contribution is 0.553. The Kier molecular flexibility index (Phi) is 3.02. The van der Waals surface area contributed by atoms with E-state index >= 15 is 0 Å². The molecule has 3 rings (SSSR count). The fraction of sp³-hybridized carbons (Fsp3) is 0.500. The summed E-state index contributed by atoms with van der Waals surface area (Å²) in [6.07, 6.45) is 8.51. The zero-order chi connectivity index (χ0) is 11.7. The summed E-state index contributed by atoms with van der Waals surface area (Å²) in [5.41, 5.74) is 2.92. The van der Waals surface area contributed by atoms with E-state index in [4.69, 9.17) is 0 Å². The Hall–Kier alpha value is -1.09. The molecule has 0 aromatic carbocycles. The maximum absolute atomic E-state index is 4.32. The zero-order valence-electron chi connectivity index (χ0n) is 10.2. The van der Waals surface area contributed by atoms with Gasteiger partial charge in [-0.1, -0.05) is 12.8 Å². The summed E-state index contributed by atoms with van der Waals surface area (Å²) in [7, 11) is 2.06. The molecule has 1 atom stereocenters. The number of fused-ring (bicyclic) bond motifs is 1. The van der Waals surface area contributed by atoms with Gasteiger partial charge in [0.15, 0.2) is 0 Å². The molecule has 2 heterocycles. The van der Waals surface area contributed by atoms with Crippen LogP contribution in [0.2, 0.25) is 0 Å². The van der Waals surface area contributed by atoms with Crippen molar-refractivity contribution in [2.75, 3.05) is 0 Å². The van der Waals surface area contributed by atoms with Crippen LogP contribution in [0.4, 0.5) is 0 Å². The second kappa shape index (κ2) is 4.65. The van der Waals surface area contributed by atoms with E-state index in [1.165, 1.54) is 37.8 Å². The second-order valence-corrected chi connectivity index (χ2v) is 5.83. The van der Waals surface area contributed by atoms with Crippen molar-refractivity contribution in [1.82, 2.24) is 9.78 Å². The summed E-state index contributed by atoms with van der Waals surface area (Å²) >= 11 is 1.93. The number of nitrogens with zero attached hydrogens (tertiary/aromatic N) is 2. The summed E-state index contributed by atoms with van der Waals surface area (Å²) < 4.78 is 2.04. The van der Waals surface area contributed by atoms with Crippen LogP contribution in [0.15, 0.2) is 23.7 Å². The maximum Gasteiger partial charge on any atom is 0.0492 e. The highest BCUT2D eigenvalue weighted by Gasteiger charge is 2.22. The molecule has 0 aliphatic heterocycles. The lowest BCUT2D eigenvalue weighted by atomic mass is 9.87. The van der Waals surface area contributed by atoms with Crippen molar-refractivity contribution in [3.63, 3.8) is 0 Å². The molecule has 90 valence electrons. The SMILES string of the molecule is Cn1nccc1C1CCCCCc2sccc21. The fourth-order valence-corrected chi connectivity index (χ4v) is 3.85. The van der Waals surface area contributed by atoms with E-state index in [9.17, 15) is 0 Å². The van der Waals surface area contributed by atoms with E-state index in [1.54, 1.807) is 10.4 Å². The molecule has 0 saturated heterocycles. The Labute approximate surface area is 106 Å². The van der Waals surface area contributed by atoms with Gasteiger partial charge in [0, 0.05) is 29.7 Å². The Morgan fingerprint density at radius 1 is 1.29 bits per heavy atom. The van der Waals surface area contributed by atoms with Crippen LogP contribution in [0, 0.1) is 0 Å². The first kappa shape index (κ1) is 11.0. The molecule has 2 aromatic rings. The van der Waals surface area contributed by atoms with Gasteiger partial charge in [-0.05, 0) is 42.3 Å². The van der Waals surface area contributed by atoms with Gasteiger partial charge in [0.25, 0.3) is 0 Å². The second-order valence-electron chi connectivity index (χ2n) is 4.83. The van der Waals surface area contributed by atoms with Gasteiger partial charge >= 0.3 is 0 Å². The predicted octanol–water partition coefficient (Wildman–Crippen LogP) is 3.73. The number of hydrogen-bond donors (Lipinski definition) is 0. The van der Waals surface area contributed by atoms with Crippen molar-refractivity contribution >= 4 is 11.3 Å². The van der Waals surface area contributed by atoms with Gasteiger partial charge in [-0.2, -0.15) is 5.10 Å². The van der Waals surface area contributed by atoms with Crippen molar-refractivity contribution in [2.45, 2.75) is 38.0 Å². The minimum Gasteiger partial charge on any atom is -0.272 e. The van der Waals surface area contributed by atoms with Crippen LogP contribution in [-0.4, -0.2) is 9.78 Å². The van der Waals surface area contributed by atoms with Crippen LogP contribution >= 0.6 is 11.3 Å². The number of aromatic nitrogens is 2. The lowest BCUT2D eigenvalue weighted by Gasteiger charge is -2.20. The van der Waals surface area contributed by atoms with Gasteiger partial charge in [-0.15, -0.1) is 11.3 Å². The smallest absolute Gasteiger partial charge is 0.0492 e. The minimum atomic E-state index is 0.559. The van der Waals surface area contributed by atoms with Gasteiger partial charge in [0.05, 0.1) is 0 Å². The first-order valence-electron chi connectivity index (χ1n) is 6.40. The fourth-order valence-electron chi connectivity index (χ4n) is 2.86. The van der Waals surface area contributed by atoms with E-state index in [2.05, 4.69) is 29.7 Å². The van der Waals surface area contributed by atoms with Crippen molar-refractivity contribution in [3.05, 3.63) is 39.8 Å². The molecule has 0 saturated carbocycles. The van der Waals surface area contributed by atoms with Crippen LogP contribution in [0.25, 0.3) is 0 Å². The van der Waals surface area contributed by atoms with Gasteiger partial charge in [-0.25, -0.2) is 0 Å². The molecular formula is C14H18N2S. The van der Waals surface area contributed by atoms with Crippen LogP contribution in [-0.2, 0) is 13.5 Å². The first-order chi connectivity index (χ1) is 8.36. The quantitative estimate of drug-likeness (QED) is 0.749. The van der Waals surface area contributed by atoms with Gasteiger partial charge in [-0.3, -0.25) is 4.68 Å². The van der Waals surface area contributed by atoms with Crippen LogP contribution < -0.4 is 0 Å². The molecule has 1 unspecified atom stereocenters. The molecule has 0 N–H and O–H groups in total. The van der Waals surface area contributed by atoms with E-state index < -0.39 is 0 Å². The number of rotatable bonds is 1. The molecule has 3 heteroatoms. The molecule has 0 radical (unpaired) electrons. The van der Waals surface area contributed by atoms with Gasteiger partial charge < -0.3 is 0 Å². The van der Waals surface area contributed by atoms with Crippen molar-refractivity contribution in [3.8, 4) is 0 Å². The molecule has 17 heavy (non-hydrogen) atoms. The number of thiophene rings is 1.